The van der Waals surface area contributed by atoms with Gasteiger partial charge >= 0.3 is 0 Å². The Morgan fingerprint density at radius 2 is 1.84 bits per heavy atom. The van der Waals surface area contributed by atoms with Gasteiger partial charge in [-0.1, -0.05) is 17.7 Å². The number of hydrogen-bond acceptors (Lipinski definition) is 9. The highest BCUT2D eigenvalue weighted by molar-refractivity contribution is 7.86. The molecule has 2 rings (SSSR count). The Hall–Kier alpha value is -1.40. The molecule has 1 aliphatic rings. The van der Waals surface area contributed by atoms with Crippen LogP contribution >= 0.6 is 0 Å². The maximum Gasteiger partial charge on any atom is 0.297 e. The minimum atomic E-state index is -4.08. The molecule has 0 bridgehead atoms. The number of aliphatic hydroxyl groups excluding tert-OH is 3. The number of benzene rings is 1. The lowest BCUT2D eigenvalue weighted by molar-refractivity contribution is -0.252. The van der Waals surface area contributed by atoms with E-state index in [9.17, 15) is 28.5 Å². The minimum absolute atomic E-state index is 0.0602. The van der Waals surface area contributed by atoms with Gasteiger partial charge in [-0.05, 0) is 19.1 Å². The Balaban J connectivity index is 2.01. The van der Waals surface area contributed by atoms with E-state index in [0.717, 1.165) is 5.56 Å². The molecule has 1 aromatic rings. The summed E-state index contributed by atoms with van der Waals surface area (Å²) in [6.45, 7) is 1.06. The molecule has 0 aromatic heterocycles. The molecule has 0 spiro atoms. The largest absolute Gasteiger partial charge is 0.388 e. The molecule has 1 fully saturated rings. The fourth-order valence-electron chi connectivity index (χ4n) is 2.42. The Labute approximate surface area is 145 Å². The lowest BCUT2D eigenvalue weighted by atomic mass is 9.97. The average molecular weight is 375 g/mol. The van der Waals surface area contributed by atoms with Crippen LogP contribution in [0, 0.1) is 6.92 Å². The van der Waals surface area contributed by atoms with E-state index in [4.69, 9.17) is 8.92 Å². The monoisotopic (exact) mass is 375 g/mol. The summed E-state index contributed by atoms with van der Waals surface area (Å²) < 4.78 is 34.2. The molecule has 9 nitrogen and oxygen atoms in total. The smallest absolute Gasteiger partial charge is 0.297 e. The van der Waals surface area contributed by atoms with Gasteiger partial charge in [0.1, 0.15) is 24.6 Å². The third kappa shape index (κ3) is 4.82. The summed E-state index contributed by atoms with van der Waals surface area (Å²) in [5, 5.41) is 32.4. The molecule has 5 atom stereocenters. The highest BCUT2D eigenvalue weighted by Crippen LogP contribution is 2.22. The van der Waals surface area contributed by atoms with Gasteiger partial charge in [0.2, 0.25) is 0 Å². The van der Waals surface area contributed by atoms with Crippen molar-refractivity contribution in [3.8, 4) is 0 Å². The van der Waals surface area contributed by atoms with Crippen molar-refractivity contribution in [2.75, 3.05) is 13.2 Å². The minimum Gasteiger partial charge on any atom is -0.388 e. The van der Waals surface area contributed by atoms with Gasteiger partial charge in [-0.25, -0.2) is 0 Å². The van der Waals surface area contributed by atoms with Gasteiger partial charge in [-0.2, -0.15) is 8.42 Å². The van der Waals surface area contributed by atoms with Crippen LogP contribution in [0.4, 0.5) is 0 Å². The molecule has 0 radical (unpaired) electrons. The second-order valence-electron chi connectivity index (χ2n) is 5.70. The standard InChI is InChI=1S/C15H21NO8S/c1-9-2-4-10(5-3-9)25(21,22)23-8-11-13(18)14(19)12(15(20)24-11)16-6-7-17/h2-5,7,11-16,18-20H,6,8H2,1H3. The van der Waals surface area contributed by atoms with Crippen LogP contribution in [0.1, 0.15) is 5.56 Å². The summed E-state index contributed by atoms with van der Waals surface area (Å²) in [6, 6.07) is 4.89. The van der Waals surface area contributed by atoms with Crippen molar-refractivity contribution < 1.29 is 37.5 Å². The number of rotatable bonds is 7. The summed E-state index contributed by atoms with van der Waals surface area (Å²) in [5.74, 6) is 0. The normalized spacial score (nSPS) is 30.2. The van der Waals surface area contributed by atoms with Crippen molar-refractivity contribution in [2.24, 2.45) is 0 Å². The third-order valence-electron chi connectivity index (χ3n) is 3.85. The molecule has 0 saturated carbocycles. The van der Waals surface area contributed by atoms with Crippen LogP contribution in [0.2, 0.25) is 0 Å². The van der Waals surface area contributed by atoms with Gasteiger partial charge in [0.25, 0.3) is 10.1 Å². The lowest BCUT2D eigenvalue weighted by Crippen LogP contribution is -2.63. The number of carbonyl (C=O) groups is 1. The summed E-state index contributed by atoms with van der Waals surface area (Å²) in [6.07, 6.45) is -5.27. The topological polar surface area (TPSA) is 142 Å². The van der Waals surface area contributed by atoms with Crippen LogP contribution in [-0.4, -0.2) is 73.8 Å². The molecule has 4 N–H and O–H groups in total. The van der Waals surface area contributed by atoms with Crippen LogP contribution in [0.5, 0.6) is 0 Å². The zero-order chi connectivity index (χ0) is 18.6. The molecule has 0 aliphatic carbocycles. The molecule has 5 unspecified atom stereocenters. The zero-order valence-electron chi connectivity index (χ0n) is 13.5. The van der Waals surface area contributed by atoms with Crippen molar-refractivity contribution in [2.45, 2.75) is 42.5 Å². The third-order valence-corrected chi connectivity index (χ3v) is 5.15. The Morgan fingerprint density at radius 3 is 2.44 bits per heavy atom. The Morgan fingerprint density at radius 1 is 1.20 bits per heavy atom. The van der Waals surface area contributed by atoms with Gasteiger partial charge in [-0.3, -0.25) is 4.18 Å². The lowest BCUT2D eigenvalue weighted by Gasteiger charge is -2.40. The molecule has 10 heteroatoms. The van der Waals surface area contributed by atoms with Crippen molar-refractivity contribution in [1.82, 2.24) is 5.32 Å². The molecule has 1 aromatic carbocycles. The molecule has 1 aliphatic heterocycles. The fraction of sp³-hybridized carbons (Fsp3) is 0.533. The number of hydrogen-bond donors (Lipinski definition) is 4. The Kier molecular flexibility index (Phi) is 6.63. The van der Waals surface area contributed by atoms with Gasteiger partial charge in [0.15, 0.2) is 6.29 Å². The first-order valence-electron chi connectivity index (χ1n) is 7.59. The maximum atomic E-state index is 12.1. The molecule has 140 valence electrons. The van der Waals surface area contributed by atoms with E-state index in [1.165, 1.54) is 12.1 Å². The van der Waals surface area contributed by atoms with Gasteiger partial charge in [0, 0.05) is 0 Å². The van der Waals surface area contributed by atoms with Crippen molar-refractivity contribution in [3.63, 3.8) is 0 Å². The van der Waals surface area contributed by atoms with E-state index in [1.54, 1.807) is 19.1 Å². The fourth-order valence-corrected chi connectivity index (χ4v) is 3.34. The second-order valence-corrected chi connectivity index (χ2v) is 7.31. The predicted octanol–water partition coefficient (Wildman–Crippen LogP) is -1.70. The number of nitrogens with one attached hydrogen (secondary N) is 1. The van der Waals surface area contributed by atoms with E-state index in [1.807, 2.05) is 0 Å². The zero-order valence-corrected chi connectivity index (χ0v) is 14.3. The number of aldehydes is 1. The number of ether oxygens (including phenoxy) is 1. The first-order valence-corrected chi connectivity index (χ1v) is 9.00. The molecule has 0 amide bonds. The van der Waals surface area contributed by atoms with Crippen molar-refractivity contribution in [1.29, 1.82) is 0 Å². The predicted molar refractivity (Wildman–Crippen MR) is 85.1 cm³/mol. The van der Waals surface area contributed by atoms with E-state index in [2.05, 4.69) is 5.32 Å². The number of aryl methyl sites for hydroxylation is 1. The van der Waals surface area contributed by atoms with Crippen LogP contribution in [-0.2, 0) is 23.8 Å². The number of aliphatic hydroxyl groups is 3. The van der Waals surface area contributed by atoms with E-state index in [0.29, 0.717) is 6.29 Å². The molecular weight excluding hydrogens is 354 g/mol. The number of carbonyl (C=O) groups excluding carboxylic acids is 1. The summed E-state index contributed by atoms with van der Waals surface area (Å²) in [7, 11) is -4.08. The quantitative estimate of drug-likeness (QED) is 0.324. The van der Waals surface area contributed by atoms with Gasteiger partial charge in [0.05, 0.1) is 24.1 Å². The molecule has 1 heterocycles. The van der Waals surface area contributed by atoms with Crippen LogP contribution < -0.4 is 5.32 Å². The van der Waals surface area contributed by atoms with Gasteiger partial charge in [-0.15, -0.1) is 0 Å². The van der Waals surface area contributed by atoms with Crippen LogP contribution in [0.25, 0.3) is 0 Å². The van der Waals surface area contributed by atoms with Gasteiger partial charge < -0.3 is 30.2 Å². The molecular formula is C15H21NO8S. The second kappa shape index (κ2) is 8.32. The first kappa shape index (κ1) is 19.9. The highest BCUT2D eigenvalue weighted by Gasteiger charge is 2.44. The van der Waals surface area contributed by atoms with Crippen molar-refractivity contribution >= 4 is 16.4 Å². The molecule has 1 saturated heterocycles. The molecule has 25 heavy (non-hydrogen) atoms. The first-order chi connectivity index (χ1) is 11.8. The summed E-state index contributed by atoms with van der Waals surface area (Å²) >= 11 is 0. The van der Waals surface area contributed by atoms with Crippen molar-refractivity contribution in [3.05, 3.63) is 29.8 Å². The summed E-state index contributed by atoms with van der Waals surface area (Å²) in [5.41, 5.74) is 0.880. The maximum absolute atomic E-state index is 12.1. The van der Waals surface area contributed by atoms with E-state index < -0.39 is 47.4 Å². The van der Waals surface area contributed by atoms with E-state index >= 15 is 0 Å². The SMILES string of the molecule is Cc1ccc(S(=O)(=O)OCC2OC(O)C(NCC=O)C(O)C2O)cc1. The average Bonchev–Trinajstić information content (AvgIpc) is 2.57. The van der Waals surface area contributed by atoms with E-state index in [-0.39, 0.29) is 11.4 Å². The van der Waals surface area contributed by atoms with Crippen LogP contribution in [0.15, 0.2) is 29.2 Å². The highest BCUT2D eigenvalue weighted by atomic mass is 32.2. The Bertz CT molecular complexity index is 677. The summed E-state index contributed by atoms with van der Waals surface area (Å²) in [4.78, 5) is 10.3. The van der Waals surface area contributed by atoms with Crippen LogP contribution in [0.3, 0.4) is 0 Å².